The molecule has 0 N–H and O–H groups in total. The van der Waals surface area contributed by atoms with Gasteiger partial charge in [-0.25, -0.2) is 8.42 Å². The molecule has 0 radical (unpaired) electrons. The van der Waals surface area contributed by atoms with Crippen LogP contribution in [-0.2, 0) is 10.1 Å². The number of hydrogen-bond donors (Lipinski definition) is 0. The fourth-order valence-electron chi connectivity index (χ4n) is 9.14. The Hall–Kier alpha value is 0.499. The minimum absolute atomic E-state index is 1.16. The number of unbranched alkanes of at least 4 members (excludes halogenated alkanes) is 45. The van der Waals surface area contributed by atoms with Crippen molar-refractivity contribution in [1.29, 1.82) is 0 Å². The van der Waals surface area contributed by atoms with Crippen LogP contribution in [-0.4, -0.2) is 38.2 Å². The van der Waals surface area contributed by atoms with Crippen LogP contribution in [0.4, 0.5) is 13.2 Å². The monoisotopic (exact) mass is 1030 g/mol. The molecule has 0 amide bonds. The molecular formula is C55H111F3O3SSn. The smallest absolute Gasteiger partial charge is 0.741 e. The number of alkyl halides is 3. The van der Waals surface area contributed by atoms with Crippen LogP contribution in [0, 0.1) is 0 Å². The SMILES string of the molecule is CCCCCCCCCCCCCCCCC[CH2][Sn+]([CH2]CCCCCCCCCCCCCCCCC)[CH2]CCCCCCCCCCCCCCCCC.O=S(=O)([O-])C(F)(F)F. The summed E-state index contributed by atoms with van der Waals surface area (Å²) in [5.41, 5.74) is -5.65. The Bertz CT molecular complexity index is 862. The van der Waals surface area contributed by atoms with E-state index >= 15 is 0 Å². The van der Waals surface area contributed by atoms with Crippen molar-refractivity contribution >= 4 is 29.9 Å². The molecule has 0 aliphatic heterocycles. The summed E-state index contributed by atoms with van der Waals surface area (Å²) in [7, 11) is -6.09. The van der Waals surface area contributed by atoms with Crippen molar-refractivity contribution in [2.45, 2.75) is 348 Å². The second-order valence-electron chi connectivity index (χ2n) is 19.8. The van der Waals surface area contributed by atoms with Crippen LogP contribution >= 0.6 is 0 Å². The molecule has 63 heavy (non-hydrogen) atoms. The van der Waals surface area contributed by atoms with Crippen molar-refractivity contribution in [2.75, 3.05) is 0 Å². The number of hydrogen-bond acceptors (Lipinski definition) is 3. The molecule has 0 aromatic rings. The average Bonchev–Trinajstić information content (AvgIpc) is 3.25. The van der Waals surface area contributed by atoms with Crippen molar-refractivity contribution < 1.29 is 26.1 Å². The van der Waals surface area contributed by atoms with E-state index in [1.165, 1.54) is 270 Å². The molecule has 0 fully saturated rings. The Morgan fingerprint density at radius 2 is 0.397 bits per heavy atom. The quantitative estimate of drug-likeness (QED) is 0.0264. The maximum atomic E-state index is 10.7. The van der Waals surface area contributed by atoms with E-state index in [1.54, 1.807) is 51.8 Å². The first-order chi connectivity index (χ1) is 30.6. The molecule has 0 unspecified atom stereocenters. The van der Waals surface area contributed by atoms with Crippen LogP contribution in [0.1, 0.15) is 329 Å². The summed E-state index contributed by atoms with van der Waals surface area (Å²) in [6.45, 7) is 6.97. The fourth-order valence-corrected chi connectivity index (χ4v) is 17.7. The van der Waals surface area contributed by atoms with Gasteiger partial charge in [-0.1, -0.05) is 117 Å². The molecule has 0 saturated carbocycles. The van der Waals surface area contributed by atoms with E-state index in [0.717, 1.165) is 0 Å². The van der Waals surface area contributed by atoms with Gasteiger partial charge in [0.2, 0.25) is 0 Å². The predicted molar refractivity (Wildman–Crippen MR) is 275 cm³/mol. The predicted octanol–water partition coefficient (Wildman–Crippen LogP) is 21.3. The van der Waals surface area contributed by atoms with Gasteiger partial charge in [-0.05, 0) is 0 Å². The second-order valence-corrected chi connectivity index (χ2v) is 29.7. The third kappa shape index (κ3) is 56.7. The van der Waals surface area contributed by atoms with Gasteiger partial charge in [0, 0.05) is 0 Å². The Morgan fingerprint density at radius 1 is 0.286 bits per heavy atom. The second kappa shape index (κ2) is 53.5. The number of rotatable bonds is 51. The summed E-state index contributed by atoms with van der Waals surface area (Å²) in [5, 5.41) is 0. The van der Waals surface area contributed by atoms with Crippen LogP contribution in [0.25, 0.3) is 0 Å². The molecule has 0 aromatic heterocycles. The molecule has 0 aliphatic carbocycles. The Morgan fingerprint density at radius 3 is 0.508 bits per heavy atom. The van der Waals surface area contributed by atoms with Crippen molar-refractivity contribution in [1.82, 2.24) is 0 Å². The third-order valence-corrected chi connectivity index (χ3v) is 23.1. The molecule has 0 heterocycles. The number of halogens is 3. The summed E-state index contributed by atoms with van der Waals surface area (Å²) >= 11 is -1.16. The van der Waals surface area contributed by atoms with Gasteiger partial charge < -0.3 is 4.55 Å². The summed E-state index contributed by atoms with van der Waals surface area (Å²) in [6.07, 6.45) is 72.0. The van der Waals surface area contributed by atoms with Crippen molar-refractivity contribution in [3.05, 3.63) is 0 Å². The van der Waals surface area contributed by atoms with Crippen LogP contribution in [0.2, 0.25) is 13.3 Å². The fraction of sp³-hybridized carbons (Fsp3) is 1.00. The van der Waals surface area contributed by atoms with Crippen molar-refractivity contribution in [3.8, 4) is 0 Å². The summed E-state index contributed by atoms with van der Waals surface area (Å²) in [4.78, 5) is 0. The van der Waals surface area contributed by atoms with Gasteiger partial charge in [0.1, 0.15) is 0 Å². The van der Waals surface area contributed by atoms with Crippen molar-refractivity contribution in [2.24, 2.45) is 0 Å². The zero-order chi connectivity index (χ0) is 46.6. The Labute approximate surface area is 401 Å². The Balaban J connectivity index is 0. The summed E-state index contributed by atoms with van der Waals surface area (Å²) in [5.74, 6) is 0. The zero-order valence-corrected chi connectivity index (χ0v) is 46.5. The van der Waals surface area contributed by atoms with Gasteiger partial charge in [0.15, 0.2) is 10.1 Å². The van der Waals surface area contributed by atoms with E-state index in [1.807, 2.05) is 0 Å². The minimum Gasteiger partial charge on any atom is -0.741 e. The maximum absolute atomic E-state index is 10.7. The van der Waals surface area contributed by atoms with E-state index in [4.69, 9.17) is 13.0 Å². The van der Waals surface area contributed by atoms with E-state index in [-0.39, 0.29) is 0 Å². The molecule has 0 bridgehead atoms. The van der Waals surface area contributed by atoms with Gasteiger partial charge in [-0.15, -0.1) is 0 Å². The van der Waals surface area contributed by atoms with Gasteiger partial charge in [-0.3, -0.25) is 0 Å². The standard InChI is InChI=1S/3C18H37.CHF3O3S.Sn/c3*1-3-5-7-9-11-13-15-17-18-16-14-12-10-8-6-4-2;2-1(3,4)8(5,6)7;/h3*1,3-18H2,2H3;(H,5,6,7);/q;;;;+1/p-1. The summed E-state index contributed by atoms with van der Waals surface area (Å²) < 4.78 is 64.1. The minimum atomic E-state index is -6.09. The van der Waals surface area contributed by atoms with E-state index in [2.05, 4.69) is 20.8 Å². The van der Waals surface area contributed by atoms with Crippen LogP contribution < -0.4 is 0 Å². The van der Waals surface area contributed by atoms with E-state index < -0.39 is 35.4 Å². The molecule has 0 aromatic carbocycles. The first-order valence-electron chi connectivity index (χ1n) is 28.5. The zero-order valence-electron chi connectivity index (χ0n) is 42.8. The van der Waals surface area contributed by atoms with Gasteiger partial charge >= 0.3 is 250 Å². The third-order valence-electron chi connectivity index (χ3n) is 13.4. The molecule has 8 heteroatoms. The van der Waals surface area contributed by atoms with Crippen LogP contribution in [0.3, 0.4) is 0 Å². The first kappa shape index (κ1) is 65.6. The summed E-state index contributed by atoms with van der Waals surface area (Å²) in [6, 6.07) is 0. The average molecular weight is 1030 g/mol. The molecule has 0 atom stereocenters. The first-order valence-corrected chi connectivity index (χ1v) is 35.9. The van der Waals surface area contributed by atoms with Gasteiger partial charge in [0.25, 0.3) is 0 Å². The van der Waals surface area contributed by atoms with E-state index in [9.17, 15) is 13.2 Å². The molecule has 0 spiro atoms. The Kier molecular flexibility index (Phi) is 55.6. The topological polar surface area (TPSA) is 57.2 Å². The van der Waals surface area contributed by atoms with Crippen molar-refractivity contribution in [3.63, 3.8) is 0 Å². The molecule has 0 rings (SSSR count). The molecule has 0 saturated heterocycles. The van der Waals surface area contributed by atoms with Gasteiger partial charge in [0.05, 0.1) is 0 Å². The van der Waals surface area contributed by atoms with Crippen LogP contribution in [0.5, 0.6) is 0 Å². The molecular weight excluding hydrogens is 916 g/mol. The normalized spacial score (nSPS) is 11.9. The van der Waals surface area contributed by atoms with Crippen LogP contribution in [0.15, 0.2) is 0 Å². The van der Waals surface area contributed by atoms with E-state index in [0.29, 0.717) is 0 Å². The molecule has 380 valence electrons. The van der Waals surface area contributed by atoms with Gasteiger partial charge in [-0.2, -0.15) is 13.2 Å². The molecule has 0 aliphatic rings. The molecule has 3 nitrogen and oxygen atoms in total.